The Morgan fingerprint density at radius 1 is 0.833 bits per heavy atom. The summed E-state index contributed by atoms with van der Waals surface area (Å²) >= 11 is 0. The molecule has 0 atom stereocenters. The smallest absolute Gasteiger partial charge is 0.309 e. The first-order valence-electron chi connectivity index (χ1n) is 5.69. The van der Waals surface area contributed by atoms with Crippen LogP contribution in [0.5, 0.6) is 0 Å². The zero-order valence-corrected chi connectivity index (χ0v) is 11.4. The minimum absolute atomic E-state index is 0.206. The molecule has 0 radical (unpaired) electrons. The Hall–Kier alpha value is -1.22. The third kappa shape index (κ3) is 9.97. The third-order valence-corrected chi connectivity index (χ3v) is 2.10. The summed E-state index contributed by atoms with van der Waals surface area (Å²) in [7, 11) is 6.25. The van der Waals surface area contributed by atoms with Crippen LogP contribution < -0.4 is 10.6 Å². The van der Waals surface area contributed by atoms with Crippen LogP contribution in [-0.4, -0.2) is 85.9 Å². The summed E-state index contributed by atoms with van der Waals surface area (Å²) in [6, 6.07) is 0. The lowest BCUT2D eigenvalue weighted by molar-refractivity contribution is -1.07. The van der Waals surface area contributed by atoms with Crippen molar-refractivity contribution in [3.63, 3.8) is 0 Å². The van der Waals surface area contributed by atoms with Crippen LogP contribution in [0.25, 0.3) is 0 Å². The molecule has 0 aliphatic heterocycles. The van der Waals surface area contributed by atoms with Crippen molar-refractivity contribution in [2.45, 2.75) is 0 Å². The number of quaternary nitrogens is 2. The molecule has 0 spiro atoms. The van der Waals surface area contributed by atoms with E-state index in [0.717, 1.165) is 0 Å². The van der Waals surface area contributed by atoms with E-state index in [0.29, 0.717) is 13.1 Å². The van der Waals surface area contributed by atoms with Crippen molar-refractivity contribution in [1.29, 1.82) is 0 Å². The first-order chi connectivity index (χ1) is 8.01. The number of carbonyl (C=O) groups excluding carboxylic acids is 2. The number of rotatable bonds is 6. The van der Waals surface area contributed by atoms with Crippen LogP contribution in [0.2, 0.25) is 0 Å². The van der Waals surface area contributed by atoms with E-state index < -0.39 is 11.8 Å². The van der Waals surface area contributed by atoms with Crippen molar-refractivity contribution >= 4 is 11.8 Å². The molecule has 0 aliphatic carbocycles. The van der Waals surface area contributed by atoms with Crippen molar-refractivity contribution in [2.24, 2.45) is 0 Å². The van der Waals surface area contributed by atoms with Gasteiger partial charge in [0.15, 0.2) is 0 Å². The highest BCUT2D eigenvalue weighted by Gasteiger charge is 2.17. The second-order valence-corrected chi connectivity index (χ2v) is 5.20. The Kier molecular flexibility index (Phi) is 6.19. The minimum Gasteiger partial charge on any atom is -0.342 e. The SMILES string of the molecule is C[N+](C)(O)CCNC(=O)C(=O)NCC[N+](C)(C)O. The van der Waals surface area contributed by atoms with E-state index in [1.165, 1.54) is 0 Å². The summed E-state index contributed by atoms with van der Waals surface area (Å²) in [5, 5.41) is 23.5. The van der Waals surface area contributed by atoms with Gasteiger partial charge in [0.05, 0.1) is 41.3 Å². The number of nitrogens with one attached hydrogen (secondary N) is 2. The van der Waals surface area contributed by atoms with Crippen molar-refractivity contribution < 1.29 is 29.3 Å². The molecule has 8 nitrogen and oxygen atoms in total. The van der Waals surface area contributed by atoms with E-state index in [1.807, 2.05) is 0 Å². The molecule has 0 aromatic rings. The van der Waals surface area contributed by atoms with Crippen LogP contribution in [0, 0.1) is 0 Å². The van der Waals surface area contributed by atoms with Crippen molar-refractivity contribution in [3.05, 3.63) is 0 Å². The Labute approximate surface area is 107 Å². The van der Waals surface area contributed by atoms with Crippen LogP contribution in [0.15, 0.2) is 0 Å². The monoisotopic (exact) mass is 264 g/mol. The number of carbonyl (C=O) groups is 2. The zero-order chi connectivity index (χ0) is 14.4. The maximum atomic E-state index is 11.3. The molecule has 2 amide bonds. The van der Waals surface area contributed by atoms with E-state index in [4.69, 9.17) is 0 Å². The van der Waals surface area contributed by atoms with Gasteiger partial charge in [-0.2, -0.15) is 9.29 Å². The highest BCUT2D eigenvalue weighted by Crippen LogP contribution is 1.87. The lowest BCUT2D eigenvalue weighted by atomic mass is 10.4. The highest BCUT2D eigenvalue weighted by atomic mass is 16.5. The van der Waals surface area contributed by atoms with Gasteiger partial charge < -0.3 is 10.6 Å². The minimum atomic E-state index is -0.744. The summed E-state index contributed by atoms with van der Waals surface area (Å²) in [5.41, 5.74) is 0. The molecule has 0 aliphatic rings. The van der Waals surface area contributed by atoms with Gasteiger partial charge in [0.25, 0.3) is 0 Å². The Balaban J connectivity index is 3.81. The van der Waals surface area contributed by atoms with Crippen molar-refractivity contribution in [1.82, 2.24) is 10.6 Å². The lowest BCUT2D eigenvalue weighted by Gasteiger charge is -2.20. The zero-order valence-electron chi connectivity index (χ0n) is 11.4. The number of hydrogen-bond donors (Lipinski definition) is 4. The molecule has 8 heteroatoms. The molecular formula is C10H24N4O4+2. The van der Waals surface area contributed by atoms with E-state index in [2.05, 4.69) is 10.6 Å². The van der Waals surface area contributed by atoms with Gasteiger partial charge in [0, 0.05) is 0 Å². The molecule has 106 valence electrons. The summed E-state index contributed by atoms with van der Waals surface area (Å²) in [6.07, 6.45) is 0. The molecule has 0 fully saturated rings. The number of amides is 2. The predicted octanol–water partition coefficient (Wildman–Crippen LogP) is -1.85. The van der Waals surface area contributed by atoms with E-state index >= 15 is 0 Å². The molecule has 0 aromatic heterocycles. The predicted molar refractivity (Wildman–Crippen MR) is 63.5 cm³/mol. The lowest BCUT2D eigenvalue weighted by Crippen LogP contribution is -2.48. The van der Waals surface area contributed by atoms with Gasteiger partial charge in [0.1, 0.15) is 13.1 Å². The first kappa shape index (κ1) is 16.8. The fourth-order valence-electron chi connectivity index (χ4n) is 1.05. The largest absolute Gasteiger partial charge is 0.342 e. The standard InChI is InChI=1S/C10H22N4O4/c1-13(2,17)7-5-11-9(15)10(16)12-6-8-14(3,4)18/h17-18H,5-8H2,1-4H3/p+2. The molecule has 0 rings (SSSR count). The van der Waals surface area contributed by atoms with Crippen LogP contribution >= 0.6 is 0 Å². The summed E-state index contributed by atoms with van der Waals surface area (Å²) in [5.74, 6) is -1.49. The number of hydrogen-bond acceptors (Lipinski definition) is 4. The fourth-order valence-corrected chi connectivity index (χ4v) is 1.05. The Morgan fingerprint density at radius 3 is 1.33 bits per heavy atom. The van der Waals surface area contributed by atoms with E-state index in [-0.39, 0.29) is 22.4 Å². The average Bonchev–Trinajstić information content (AvgIpc) is 2.13. The van der Waals surface area contributed by atoms with Gasteiger partial charge in [0.2, 0.25) is 0 Å². The highest BCUT2D eigenvalue weighted by molar-refractivity contribution is 6.35. The van der Waals surface area contributed by atoms with Crippen molar-refractivity contribution in [3.8, 4) is 0 Å². The third-order valence-electron chi connectivity index (χ3n) is 2.10. The van der Waals surface area contributed by atoms with Gasteiger partial charge in [-0.3, -0.25) is 9.59 Å². The van der Waals surface area contributed by atoms with Gasteiger partial charge in [-0.1, -0.05) is 0 Å². The molecule has 0 saturated carbocycles. The van der Waals surface area contributed by atoms with Gasteiger partial charge in [-0.15, -0.1) is 0 Å². The second kappa shape index (κ2) is 6.64. The molecular weight excluding hydrogens is 240 g/mol. The number of likely N-dealkylation sites (N-methyl/N-ethyl adjacent to an activating group) is 2. The van der Waals surface area contributed by atoms with Gasteiger partial charge >= 0.3 is 11.8 Å². The molecule has 0 bridgehead atoms. The maximum Gasteiger partial charge on any atom is 0.309 e. The molecule has 0 saturated heterocycles. The summed E-state index contributed by atoms with van der Waals surface area (Å²) in [4.78, 5) is 22.6. The number of hydroxylamine groups is 6. The van der Waals surface area contributed by atoms with Crippen LogP contribution in [0.1, 0.15) is 0 Å². The Morgan fingerprint density at radius 2 is 1.11 bits per heavy atom. The van der Waals surface area contributed by atoms with E-state index in [9.17, 15) is 20.0 Å². The molecule has 0 heterocycles. The number of nitrogens with zero attached hydrogens (tertiary/aromatic N) is 2. The quantitative estimate of drug-likeness (QED) is 0.257. The van der Waals surface area contributed by atoms with Gasteiger partial charge in [-0.25, -0.2) is 10.4 Å². The second-order valence-electron chi connectivity index (χ2n) is 5.20. The van der Waals surface area contributed by atoms with Crippen LogP contribution in [0.3, 0.4) is 0 Å². The first-order valence-corrected chi connectivity index (χ1v) is 5.69. The maximum absolute atomic E-state index is 11.3. The Bertz CT molecular complexity index is 263. The summed E-state index contributed by atoms with van der Waals surface area (Å²) in [6.45, 7) is 1.02. The van der Waals surface area contributed by atoms with Crippen LogP contribution in [0.4, 0.5) is 0 Å². The summed E-state index contributed by atoms with van der Waals surface area (Å²) < 4.78 is -0.559. The average molecular weight is 264 g/mol. The normalized spacial score (nSPS) is 12.1. The molecule has 4 N–H and O–H groups in total. The molecule has 18 heavy (non-hydrogen) atoms. The van der Waals surface area contributed by atoms with Crippen molar-refractivity contribution in [2.75, 3.05) is 54.4 Å². The van der Waals surface area contributed by atoms with Crippen LogP contribution in [-0.2, 0) is 9.59 Å². The topological polar surface area (TPSA) is 98.7 Å². The molecule has 0 aromatic carbocycles. The van der Waals surface area contributed by atoms with E-state index in [1.54, 1.807) is 28.2 Å². The van der Waals surface area contributed by atoms with Gasteiger partial charge in [-0.05, 0) is 0 Å². The molecule has 0 unspecified atom stereocenters. The fraction of sp³-hybridized carbons (Fsp3) is 0.800.